The van der Waals surface area contributed by atoms with Gasteiger partial charge in [0, 0.05) is 19.8 Å². The normalized spacial score (nSPS) is 11.1. The highest BCUT2D eigenvalue weighted by molar-refractivity contribution is 7.86. The lowest BCUT2D eigenvalue weighted by molar-refractivity contribution is -0.119. The second-order valence-corrected chi connectivity index (χ2v) is 6.84. The number of rotatable bonds is 6. The van der Waals surface area contributed by atoms with Gasteiger partial charge in [0.2, 0.25) is 23.1 Å². The smallest absolute Gasteiger partial charge is 0.296 e. The number of aromatic nitrogens is 3. The number of carbonyl (C=O) groups excluding carboxylic acids is 1. The van der Waals surface area contributed by atoms with Crippen molar-refractivity contribution in [2.45, 2.75) is 4.90 Å². The highest BCUT2D eigenvalue weighted by Crippen LogP contribution is 2.24. The molecule has 26 heavy (non-hydrogen) atoms. The number of nitrogens with two attached hydrogens (primary N) is 1. The zero-order valence-corrected chi connectivity index (χ0v) is 15.3. The van der Waals surface area contributed by atoms with Crippen LogP contribution in [0.25, 0.3) is 0 Å². The van der Waals surface area contributed by atoms with Gasteiger partial charge in [-0.2, -0.15) is 23.4 Å². The van der Waals surface area contributed by atoms with Gasteiger partial charge in [-0.05, 0) is 29.8 Å². The van der Waals surface area contributed by atoms with Crippen LogP contribution in [-0.2, 0) is 14.9 Å². The number of likely N-dealkylation sites (N-methyl/N-ethyl adjacent to an activating group) is 2. The maximum absolute atomic E-state index is 11.5. The summed E-state index contributed by atoms with van der Waals surface area (Å²) in [4.78, 5) is 24.4. The number of benzene rings is 1. The molecule has 0 radical (unpaired) electrons. The first kappa shape index (κ1) is 19.6. The van der Waals surface area contributed by atoms with E-state index in [1.807, 2.05) is 0 Å². The Morgan fingerprint density at radius 2 is 2.04 bits per heavy atom. The number of amides is 1. The number of hydrogen-bond acceptors (Lipinski definition) is 9. The fraction of sp³-hybridized carbons (Fsp3) is 0.231. The Labute approximate surface area is 154 Å². The molecule has 0 fully saturated rings. The Morgan fingerprint density at radius 1 is 1.35 bits per heavy atom. The number of carbonyl (C=O) groups is 1. The van der Waals surface area contributed by atoms with Gasteiger partial charge in [0.1, 0.15) is 4.90 Å². The SMILES string of the molecule is CNC(=O)CN(C)c1nc(Cl)nc(Nc2ccc(N)c(S(=O)(=O)O)c2)n1. The molecule has 2 rings (SSSR count). The van der Waals surface area contributed by atoms with E-state index in [4.69, 9.17) is 17.3 Å². The van der Waals surface area contributed by atoms with Gasteiger partial charge in [0.05, 0.1) is 12.2 Å². The van der Waals surface area contributed by atoms with Crippen molar-refractivity contribution in [1.29, 1.82) is 0 Å². The van der Waals surface area contributed by atoms with E-state index in [2.05, 4.69) is 25.6 Å². The average molecular weight is 402 g/mol. The van der Waals surface area contributed by atoms with E-state index in [-0.39, 0.29) is 41.0 Å². The van der Waals surface area contributed by atoms with Crippen molar-refractivity contribution in [3.8, 4) is 0 Å². The molecule has 0 aliphatic carbocycles. The van der Waals surface area contributed by atoms with Crippen LogP contribution in [0.3, 0.4) is 0 Å². The van der Waals surface area contributed by atoms with Crippen LogP contribution in [0.2, 0.25) is 5.28 Å². The molecule has 0 saturated heterocycles. The molecule has 1 aromatic carbocycles. The molecule has 0 spiro atoms. The first-order valence-corrected chi connectivity index (χ1v) is 8.89. The molecule has 140 valence electrons. The topological polar surface area (TPSA) is 163 Å². The first-order valence-electron chi connectivity index (χ1n) is 7.07. The van der Waals surface area contributed by atoms with Crippen molar-refractivity contribution in [2.75, 3.05) is 36.6 Å². The van der Waals surface area contributed by atoms with Gasteiger partial charge in [-0.3, -0.25) is 9.35 Å². The van der Waals surface area contributed by atoms with Crippen LogP contribution in [0, 0.1) is 0 Å². The number of nitrogens with zero attached hydrogens (tertiary/aromatic N) is 4. The monoisotopic (exact) mass is 401 g/mol. The number of hydrogen-bond donors (Lipinski definition) is 4. The fourth-order valence-electron chi connectivity index (χ4n) is 1.90. The van der Waals surface area contributed by atoms with Gasteiger partial charge < -0.3 is 21.3 Å². The largest absolute Gasteiger partial charge is 0.398 e. The molecule has 11 nitrogen and oxygen atoms in total. The summed E-state index contributed by atoms with van der Waals surface area (Å²) >= 11 is 5.87. The Kier molecular flexibility index (Phi) is 5.79. The van der Waals surface area contributed by atoms with Crippen LogP contribution in [0.4, 0.5) is 23.3 Å². The quantitative estimate of drug-likeness (QED) is 0.390. The van der Waals surface area contributed by atoms with Crippen LogP contribution >= 0.6 is 11.6 Å². The first-order chi connectivity index (χ1) is 12.1. The van der Waals surface area contributed by atoms with Crippen LogP contribution in [-0.4, -0.2) is 54.5 Å². The lowest BCUT2D eigenvalue weighted by atomic mass is 10.3. The van der Waals surface area contributed by atoms with E-state index in [0.29, 0.717) is 0 Å². The van der Waals surface area contributed by atoms with Gasteiger partial charge in [-0.15, -0.1) is 0 Å². The van der Waals surface area contributed by atoms with E-state index in [0.717, 1.165) is 6.07 Å². The van der Waals surface area contributed by atoms with Crippen LogP contribution in [0.15, 0.2) is 23.1 Å². The van der Waals surface area contributed by atoms with E-state index in [1.54, 1.807) is 7.05 Å². The van der Waals surface area contributed by atoms with Gasteiger partial charge in [0.15, 0.2) is 0 Å². The summed E-state index contributed by atoms with van der Waals surface area (Å²) in [5.41, 5.74) is 5.67. The molecule has 1 amide bonds. The fourth-order valence-corrected chi connectivity index (χ4v) is 2.69. The molecule has 13 heteroatoms. The highest BCUT2D eigenvalue weighted by Gasteiger charge is 2.16. The van der Waals surface area contributed by atoms with Crippen molar-refractivity contribution in [2.24, 2.45) is 0 Å². The molecule has 1 heterocycles. The number of nitrogen functional groups attached to an aromatic ring is 1. The van der Waals surface area contributed by atoms with Gasteiger partial charge in [0.25, 0.3) is 10.1 Å². The molecule has 0 atom stereocenters. The molecular formula is C13H16ClN7O4S. The summed E-state index contributed by atoms with van der Waals surface area (Å²) in [6, 6.07) is 3.89. The van der Waals surface area contributed by atoms with Crippen molar-refractivity contribution >= 4 is 50.9 Å². The van der Waals surface area contributed by atoms with Crippen molar-refractivity contribution < 1.29 is 17.8 Å². The summed E-state index contributed by atoms with van der Waals surface area (Å²) in [7, 11) is -1.41. The van der Waals surface area contributed by atoms with E-state index in [1.165, 1.54) is 24.1 Å². The number of nitrogens with one attached hydrogen (secondary N) is 2. The second kappa shape index (κ2) is 7.68. The molecule has 0 aliphatic heterocycles. The standard InChI is InChI=1S/C13H16ClN7O4S/c1-16-10(22)6-21(2)13-19-11(14)18-12(20-13)17-7-3-4-8(15)9(5-7)26(23,24)25/h3-5H,6,15H2,1-2H3,(H,16,22)(H,23,24,25)(H,17,18,19,20). The Morgan fingerprint density at radius 3 is 2.65 bits per heavy atom. The molecule has 0 unspecified atom stereocenters. The summed E-state index contributed by atoms with van der Waals surface area (Å²) in [5.74, 6) is -0.119. The zero-order valence-electron chi connectivity index (χ0n) is 13.8. The molecule has 0 saturated carbocycles. The van der Waals surface area contributed by atoms with Crippen molar-refractivity contribution in [1.82, 2.24) is 20.3 Å². The lowest BCUT2D eigenvalue weighted by Gasteiger charge is -2.16. The molecule has 2 aromatic rings. The summed E-state index contributed by atoms with van der Waals surface area (Å²) in [6.07, 6.45) is 0. The molecular weight excluding hydrogens is 386 g/mol. The van der Waals surface area contributed by atoms with Gasteiger partial charge >= 0.3 is 0 Å². The minimum absolute atomic E-state index is 0.00887. The van der Waals surface area contributed by atoms with Crippen LogP contribution < -0.4 is 21.3 Å². The predicted molar refractivity (Wildman–Crippen MR) is 96.1 cm³/mol. The Bertz CT molecular complexity index is 938. The number of halogens is 1. The third-order valence-electron chi connectivity index (χ3n) is 3.14. The third-order valence-corrected chi connectivity index (χ3v) is 4.22. The molecule has 5 N–H and O–H groups in total. The van der Waals surface area contributed by atoms with Gasteiger partial charge in [-0.25, -0.2) is 0 Å². The maximum atomic E-state index is 11.5. The predicted octanol–water partition coefficient (Wildman–Crippen LogP) is 0.280. The number of anilines is 4. The zero-order chi connectivity index (χ0) is 19.5. The minimum atomic E-state index is -4.49. The highest BCUT2D eigenvalue weighted by atomic mass is 35.5. The summed E-state index contributed by atoms with van der Waals surface area (Å²) in [5, 5.41) is 5.08. The Balaban J connectivity index is 2.32. The Hall–Kier alpha value is -2.70. The van der Waals surface area contributed by atoms with Crippen molar-refractivity contribution in [3.05, 3.63) is 23.5 Å². The van der Waals surface area contributed by atoms with Crippen molar-refractivity contribution in [3.63, 3.8) is 0 Å². The minimum Gasteiger partial charge on any atom is -0.398 e. The van der Waals surface area contributed by atoms with E-state index < -0.39 is 15.0 Å². The maximum Gasteiger partial charge on any atom is 0.296 e. The third kappa shape index (κ3) is 4.91. The average Bonchev–Trinajstić information content (AvgIpc) is 2.54. The summed E-state index contributed by atoms with van der Waals surface area (Å²) < 4.78 is 31.8. The van der Waals surface area contributed by atoms with Gasteiger partial charge in [-0.1, -0.05) is 0 Å². The van der Waals surface area contributed by atoms with E-state index >= 15 is 0 Å². The molecule has 0 aliphatic rings. The molecule has 0 bridgehead atoms. The van der Waals surface area contributed by atoms with E-state index in [9.17, 15) is 17.8 Å². The second-order valence-electron chi connectivity index (χ2n) is 5.11. The lowest BCUT2D eigenvalue weighted by Crippen LogP contribution is -2.34. The molecule has 1 aromatic heterocycles. The van der Waals surface area contributed by atoms with Crippen LogP contribution in [0.1, 0.15) is 0 Å². The van der Waals surface area contributed by atoms with Crippen LogP contribution in [0.5, 0.6) is 0 Å². The summed E-state index contributed by atoms with van der Waals surface area (Å²) in [6.45, 7) is -0.00887.